The Kier molecular flexibility index (Phi) is 3.07. The van der Waals surface area contributed by atoms with Gasteiger partial charge in [-0.05, 0) is 30.2 Å². The van der Waals surface area contributed by atoms with Crippen LogP contribution in [0.25, 0.3) is 0 Å². The lowest BCUT2D eigenvalue weighted by atomic mass is 10.1. The number of aliphatic hydroxyl groups is 1. The zero-order chi connectivity index (χ0) is 10.9. The van der Waals surface area contributed by atoms with Crippen LogP contribution in [0.2, 0.25) is 5.02 Å². The quantitative estimate of drug-likeness (QED) is 0.777. The molecule has 1 aromatic rings. The van der Waals surface area contributed by atoms with Crippen LogP contribution in [0.15, 0.2) is 12.1 Å². The Hall–Kier alpha value is -0.740. The topological polar surface area (TPSA) is 20.2 Å². The Morgan fingerprint density at radius 2 is 1.93 bits per heavy atom. The molecule has 0 aliphatic heterocycles. The molecule has 1 N–H and O–H groups in total. The maximum atomic E-state index is 12.3. The van der Waals surface area contributed by atoms with Crippen LogP contribution in [0.5, 0.6) is 0 Å². The van der Waals surface area contributed by atoms with E-state index in [-0.39, 0.29) is 11.6 Å². The first-order valence-corrected chi connectivity index (χ1v) is 4.21. The first-order chi connectivity index (χ1) is 6.36. The number of aliphatic hydroxyl groups excluding tert-OH is 1. The first-order valence-electron chi connectivity index (χ1n) is 3.83. The number of halogens is 4. The summed E-state index contributed by atoms with van der Waals surface area (Å²) in [4.78, 5) is 0. The summed E-state index contributed by atoms with van der Waals surface area (Å²) in [6, 6.07) is 2.08. The second-order valence-electron chi connectivity index (χ2n) is 2.91. The normalized spacial score (nSPS) is 11.9. The molecule has 5 heteroatoms. The van der Waals surface area contributed by atoms with Gasteiger partial charge in [-0.3, -0.25) is 0 Å². The van der Waals surface area contributed by atoms with Crippen LogP contribution in [0.1, 0.15) is 16.7 Å². The molecule has 0 aromatic heterocycles. The molecule has 0 unspecified atom stereocenters. The average Bonchev–Trinajstić information content (AvgIpc) is 2.06. The summed E-state index contributed by atoms with van der Waals surface area (Å²) in [7, 11) is 0. The molecule has 0 aliphatic rings. The van der Waals surface area contributed by atoms with Gasteiger partial charge in [0.05, 0.1) is 17.2 Å². The largest absolute Gasteiger partial charge is 0.417 e. The summed E-state index contributed by atoms with van der Waals surface area (Å²) >= 11 is 5.43. The number of benzene rings is 1. The summed E-state index contributed by atoms with van der Waals surface area (Å²) in [5.41, 5.74) is -0.0823. The van der Waals surface area contributed by atoms with E-state index in [0.29, 0.717) is 11.1 Å². The van der Waals surface area contributed by atoms with Crippen LogP contribution < -0.4 is 0 Å². The maximum absolute atomic E-state index is 12.3. The molecule has 0 atom stereocenters. The minimum atomic E-state index is -4.45. The predicted octanol–water partition coefficient (Wildman–Crippen LogP) is 3.16. The van der Waals surface area contributed by atoms with Crippen LogP contribution in [0.3, 0.4) is 0 Å². The van der Waals surface area contributed by atoms with Gasteiger partial charge in [0, 0.05) is 0 Å². The molecule has 1 rings (SSSR count). The van der Waals surface area contributed by atoms with Gasteiger partial charge in [-0.2, -0.15) is 13.2 Å². The summed E-state index contributed by atoms with van der Waals surface area (Å²) < 4.78 is 37.0. The first kappa shape index (κ1) is 11.3. The smallest absolute Gasteiger partial charge is 0.392 e. The molecular formula is C9H8ClF3O. The molecule has 0 spiro atoms. The van der Waals surface area contributed by atoms with Gasteiger partial charge in [0.2, 0.25) is 0 Å². The van der Waals surface area contributed by atoms with Crippen molar-refractivity contribution in [3.05, 3.63) is 33.8 Å². The van der Waals surface area contributed by atoms with E-state index in [1.165, 1.54) is 6.92 Å². The highest BCUT2D eigenvalue weighted by atomic mass is 35.5. The lowest BCUT2D eigenvalue weighted by Crippen LogP contribution is -2.07. The van der Waals surface area contributed by atoms with E-state index in [1.54, 1.807) is 0 Å². The van der Waals surface area contributed by atoms with Gasteiger partial charge in [-0.15, -0.1) is 0 Å². The van der Waals surface area contributed by atoms with Crippen LogP contribution in [-0.4, -0.2) is 5.11 Å². The summed E-state index contributed by atoms with van der Waals surface area (Å²) in [5, 5.41) is 8.41. The fourth-order valence-electron chi connectivity index (χ4n) is 1.11. The molecule has 0 heterocycles. The van der Waals surface area contributed by atoms with E-state index in [4.69, 9.17) is 16.7 Å². The molecule has 0 saturated carbocycles. The molecule has 78 valence electrons. The van der Waals surface area contributed by atoms with Crippen LogP contribution in [-0.2, 0) is 12.8 Å². The van der Waals surface area contributed by atoms with E-state index < -0.39 is 11.7 Å². The Labute approximate surface area is 84.1 Å². The average molecular weight is 225 g/mol. The molecule has 0 saturated heterocycles. The Balaban J connectivity index is 3.29. The van der Waals surface area contributed by atoms with Crippen molar-refractivity contribution >= 4 is 11.6 Å². The number of hydrogen-bond donors (Lipinski definition) is 1. The third kappa shape index (κ3) is 2.19. The molecule has 1 aromatic carbocycles. The van der Waals surface area contributed by atoms with Crippen LogP contribution in [0, 0.1) is 6.92 Å². The predicted molar refractivity (Wildman–Crippen MR) is 47.1 cm³/mol. The van der Waals surface area contributed by atoms with Crippen molar-refractivity contribution in [2.24, 2.45) is 0 Å². The van der Waals surface area contributed by atoms with Gasteiger partial charge in [-0.25, -0.2) is 0 Å². The van der Waals surface area contributed by atoms with Gasteiger partial charge in [-0.1, -0.05) is 11.6 Å². The molecule has 0 fully saturated rings. The zero-order valence-electron chi connectivity index (χ0n) is 7.32. The lowest BCUT2D eigenvalue weighted by Gasteiger charge is -2.11. The molecule has 1 nitrogen and oxygen atoms in total. The van der Waals surface area contributed by atoms with Crippen molar-refractivity contribution in [1.29, 1.82) is 0 Å². The Bertz CT molecular complexity index is 347. The van der Waals surface area contributed by atoms with E-state index in [0.717, 1.165) is 12.1 Å². The van der Waals surface area contributed by atoms with Crippen molar-refractivity contribution in [1.82, 2.24) is 0 Å². The lowest BCUT2D eigenvalue weighted by molar-refractivity contribution is -0.137. The number of rotatable bonds is 1. The number of alkyl halides is 3. The number of hydrogen-bond acceptors (Lipinski definition) is 1. The fraction of sp³-hybridized carbons (Fsp3) is 0.333. The second-order valence-corrected chi connectivity index (χ2v) is 3.32. The molecule has 0 amide bonds. The minimum Gasteiger partial charge on any atom is -0.392 e. The van der Waals surface area contributed by atoms with E-state index in [1.807, 2.05) is 0 Å². The van der Waals surface area contributed by atoms with E-state index in [2.05, 4.69) is 0 Å². The van der Waals surface area contributed by atoms with Crippen LogP contribution >= 0.6 is 11.6 Å². The highest BCUT2D eigenvalue weighted by molar-refractivity contribution is 6.31. The monoisotopic (exact) mass is 224 g/mol. The Morgan fingerprint density at radius 1 is 1.36 bits per heavy atom. The Morgan fingerprint density at radius 3 is 2.36 bits per heavy atom. The van der Waals surface area contributed by atoms with Gasteiger partial charge in [0.15, 0.2) is 0 Å². The van der Waals surface area contributed by atoms with Gasteiger partial charge >= 0.3 is 6.18 Å². The van der Waals surface area contributed by atoms with Crippen molar-refractivity contribution in [2.45, 2.75) is 19.7 Å². The third-order valence-electron chi connectivity index (χ3n) is 1.90. The zero-order valence-corrected chi connectivity index (χ0v) is 8.08. The highest BCUT2D eigenvalue weighted by Gasteiger charge is 2.33. The summed E-state index contributed by atoms with van der Waals surface area (Å²) in [6.07, 6.45) is -4.45. The molecule has 0 radical (unpaired) electrons. The standard InChI is InChI=1S/C9H8ClF3O/c1-5-2-7(9(11,12)13)8(10)3-6(5)4-14/h2-3,14H,4H2,1H3. The van der Waals surface area contributed by atoms with Gasteiger partial charge < -0.3 is 5.11 Å². The summed E-state index contributed by atoms with van der Waals surface area (Å²) in [6.45, 7) is 1.18. The fourth-order valence-corrected chi connectivity index (χ4v) is 1.40. The SMILES string of the molecule is Cc1cc(C(F)(F)F)c(Cl)cc1CO. The molecule has 0 aliphatic carbocycles. The third-order valence-corrected chi connectivity index (χ3v) is 2.21. The highest BCUT2D eigenvalue weighted by Crippen LogP contribution is 2.36. The van der Waals surface area contributed by atoms with Crippen molar-refractivity contribution in [3.8, 4) is 0 Å². The van der Waals surface area contributed by atoms with Gasteiger partial charge in [0.1, 0.15) is 0 Å². The summed E-state index contributed by atoms with van der Waals surface area (Å²) in [5.74, 6) is 0. The van der Waals surface area contributed by atoms with E-state index in [9.17, 15) is 13.2 Å². The molecule has 0 bridgehead atoms. The number of aryl methyl sites for hydroxylation is 1. The van der Waals surface area contributed by atoms with Crippen molar-refractivity contribution in [2.75, 3.05) is 0 Å². The van der Waals surface area contributed by atoms with Crippen molar-refractivity contribution in [3.63, 3.8) is 0 Å². The molecule has 14 heavy (non-hydrogen) atoms. The second kappa shape index (κ2) is 3.79. The van der Waals surface area contributed by atoms with Crippen molar-refractivity contribution < 1.29 is 18.3 Å². The van der Waals surface area contributed by atoms with Gasteiger partial charge in [0.25, 0.3) is 0 Å². The van der Waals surface area contributed by atoms with Crippen LogP contribution in [0.4, 0.5) is 13.2 Å². The molecular weight excluding hydrogens is 217 g/mol. The minimum absolute atomic E-state index is 0.316. The maximum Gasteiger partial charge on any atom is 0.417 e. The van der Waals surface area contributed by atoms with E-state index >= 15 is 0 Å².